The van der Waals surface area contributed by atoms with E-state index in [4.69, 9.17) is 5.73 Å². The number of nitrogens with two attached hydrogens (primary N) is 1. The molecule has 5 nitrogen and oxygen atoms in total. The molecule has 0 aliphatic heterocycles. The Bertz CT molecular complexity index is 343. The van der Waals surface area contributed by atoms with Crippen LogP contribution < -0.4 is 5.73 Å². The van der Waals surface area contributed by atoms with Crippen LogP contribution >= 0.6 is 0 Å². The van der Waals surface area contributed by atoms with Crippen LogP contribution in [0.3, 0.4) is 0 Å². The minimum atomic E-state index is -0.463. The molecule has 0 saturated heterocycles. The molecular formula is C7H6N3O2Se. The summed E-state index contributed by atoms with van der Waals surface area (Å²) in [6, 6.07) is 5.81. The summed E-state index contributed by atoms with van der Waals surface area (Å²) in [6.45, 7) is 0. The van der Waals surface area contributed by atoms with Crippen molar-refractivity contribution in [1.82, 2.24) is 0 Å². The Morgan fingerprint density at radius 3 is 2.38 bits per heavy atom. The van der Waals surface area contributed by atoms with Crippen LogP contribution in [0.2, 0.25) is 0 Å². The minimum absolute atomic E-state index is 0.0394. The molecule has 0 spiro atoms. The van der Waals surface area contributed by atoms with Gasteiger partial charge in [0.1, 0.15) is 0 Å². The van der Waals surface area contributed by atoms with Crippen LogP contribution in [0.15, 0.2) is 29.3 Å². The zero-order valence-corrected chi connectivity index (χ0v) is 8.22. The molecule has 1 aromatic rings. The predicted octanol–water partition coefficient (Wildman–Crippen LogP) is 0.710. The fourth-order valence-electron chi connectivity index (χ4n) is 0.776. The summed E-state index contributed by atoms with van der Waals surface area (Å²) in [4.78, 5) is 13.7. The van der Waals surface area contributed by atoms with Crippen molar-refractivity contribution >= 4 is 32.1 Å². The Hall–Kier alpha value is -1.39. The molecule has 0 bridgehead atoms. The van der Waals surface area contributed by atoms with E-state index in [0.717, 1.165) is 0 Å². The van der Waals surface area contributed by atoms with Gasteiger partial charge >= 0.3 is 82.2 Å². The van der Waals surface area contributed by atoms with E-state index in [9.17, 15) is 10.1 Å². The van der Waals surface area contributed by atoms with Crippen LogP contribution in [0, 0.1) is 10.1 Å². The molecule has 0 aliphatic rings. The molecule has 0 saturated carbocycles. The second-order valence-corrected chi connectivity index (χ2v) is 3.10. The molecule has 0 aromatic heterocycles. The van der Waals surface area contributed by atoms with Gasteiger partial charge in [0.25, 0.3) is 0 Å². The summed E-state index contributed by atoms with van der Waals surface area (Å²) in [6.07, 6.45) is 0. The second-order valence-electron chi connectivity index (χ2n) is 2.22. The first-order chi connectivity index (χ1) is 6.09. The number of hydrogen-bond acceptors (Lipinski definition) is 3. The molecule has 1 radical (unpaired) electrons. The number of amidine groups is 1. The number of hydrogen-bond donors (Lipinski definition) is 1. The summed E-state index contributed by atoms with van der Waals surface area (Å²) < 4.78 is 0.300. The van der Waals surface area contributed by atoms with E-state index in [2.05, 4.69) is 21.0 Å². The number of rotatable bonds is 2. The molecule has 67 valence electrons. The Balaban J connectivity index is 2.94. The summed E-state index contributed by atoms with van der Waals surface area (Å²) in [5.74, 6) is 0. The van der Waals surface area contributed by atoms with Gasteiger partial charge in [0.15, 0.2) is 0 Å². The second kappa shape index (κ2) is 4.02. The van der Waals surface area contributed by atoms with Crippen LogP contribution in [0.4, 0.5) is 11.4 Å². The third-order valence-electron chi connectivity index (χ3n) is 1.30. The van der Waals surface area contributed by atoms with Crippen molar-refractivity contribution in [2.24, 2.45) is 10.7 Å². The molecule has 0 unspecified atom stereocenters. The van der Waals surface area contributed by atoms with Gasteiger partial charge in [0.05, 0.1) is 0 Å². The van der Waals surface area contributed by atoms with Gasteiger partial charge in [-0.3, -0.25) is 0 Å². The summed E-state index contributed by atoms with van der Waals surface area (Å²) in [5.41, 5.74) is 5.91. The van der Waals surface area contributed by atoms with Crippen LogP contribution in [0.25, 0.3) is 0 Å². The van der Waals surface area contributed by atoms with Crippen molar-refractivity contribution in [3.05, 3.63) is 34.4 Å². The van der Waals surface area contributed by atoms with Crippen LogP contribution in [0.1, 0.15) is 0 Å². The Kier molecular flexibility index (Phi) is 3.00. The van der Waals surface area contributed by atoms with Crippen LogP contribution in [-0.2, 0) is 0 Å². The zero-order valence-electron chi connectivity index (χ0n) is 6.51. The number of aliphatic imine (C=N–C) groups is 1. The van der Waals surface area contributed by atoms with Gasteiger partial charge in [-0.25, -0.2) is 0 Å². The first kappa shape index (κ1) is 9.70. The van der Waals surface area contributed by atoms with Gasteiger partial charge in [-0.1, -0.05) is 0 Å². The number of non-ortho nitro benzene ring substituents is 1. The van der Waals surface area contributed by atoms with E-state index in [1.807, 2.05) is 0 Å². The third kappa shape index (κ3) is 2.85. The number of nitrogens with zero attached hydrogens (tertiary/aromatic N) is 2. The molecule has 6 heteroatoms. The van der Waals surface area contributed by atoms with Gasteiger partial charge in [0, 0.05) is 0 Å². The van der Waals surface area contributed by atoms with E-state index in [0.29, 0.717) is 10.4 Å². The van der Waals surface area contributed by atoms with Crippen molar-refractivity contribution in [3.63, 3.8) is 0 Å². The fourth-order valence-corrected chi connectivity index (χ4v) is 0.997. The molecular weight excluding hydrogens is 237 g/mol. The summed E-state index contributed by atoms with van der Waals surface area (Å²) in [5, 5.41) is 10.3. The number of nitro benzene ring substituents is 1. The van der Waals surface area contributed by atoms with Crippen molar-refractivity contribution in [3.8, 4) is 0 Å². The van der Waals surface area contributed by atoms with Gasteiger partial charge in [-0.05, 0) is 0 Å². The number of benzene rings is 1. The topological polar surface area (TPSA) is 81.5 Å². The maximum atomic E-state index is 10.3. The normalized spacial score (nSPS) is 11.2. The van der Waals surface area contributed by atoms with Gasteiger partial charge < -0.3 is 0 Å². The van der Waals surface area contributed by atoms with Crippen LogP contribution in [0.5, 0.6) is 0 Å². The Morgan fingerprint density at radius 1 is 1.46 bits per heavy atom. The van der Waals surface area contributed by atoms with E-state index >= 15 is 0 Å². The quantitative estimate of drug-likeness (QED) is 0.273. The molecule has 0 aliphatic carbocycles. The molecule has 1 aromatic carbocycles. The summed E-state index contributed by atoms with van der Waals surface area (Å²) >= 11 is 2.52. The van der Waals surface area contributed by atoms with E-state index in [1.54, 1.807) is 0 Å². The molecule has 13 heavy (non-hydrogen) atoms. The average molecular weight is 243 g/mol. The van der Waals surface area contributed by atoms with Crippen LogP contribution in [-0.4, -0.2) is 25.7 Å². The molecule has 2 N–H and O–H groups in total. The maximum absolute atomic E-state index is 10.3. The molecule has 1 rings (SSSR count). The van der Waals surface area contributed by atoms with Crippen molar-refractivity contribution in [2.75, 3.05) is 0 Å². The van der Waals surface area contributed by atoms with E-state index < -0.39 is 4.92 Å². The van der Waals surface area contributed by atoms with Crippen molar-refractivity contribution < 1.29 is 4.92 Å². The monoisotopic (exact) mass is 244 g/mol. The fraction of sp³-hybridized carbons (Fsp3) is 0. The number of nitro groups is 1. The Labute approximate surface area is 82.6 Å². The molecule has 0 fully saturated rings. The van der Waals surface area contributed by atoms with Gasteiger partial charge in [0.2, 0.25) is 0 Å². The first-order valence-corrected chi connectivity index (χ1v) is 4.21. The molecule has 0 heterocycles. The zero-order chi connectivity index (χ0) is 9.84. The SMILES string of the molecule is NC([Se])=Nc1ccc([N+](=O)[O-])cc1. The van der Waals surface area contributed by atoms with Crippen molar-refractivity contribution in [2.45, 2.75) is 0 Å². The van der Waals surface area contributed by atoms with E-state index in [1.165, 1.54) is 24.3 Å². The van der Waals surface area contributed by atoms with E-state index in [-0.39, 0.29) is 5.69 Å². The van der Waals surface area contributed by atoms with Crippen molar-refractivity contribution in [1.29, 1.82) is 0 Å². The first-order valence-electron chi connectivity index (χ1n) is 3.35. The molecule has 0 amide bonds. The average Bonchev–Trinajstić information content (AvgIpc) is 2.04. The summed E-state index contributed by atoms with van der Waals surface area (Å²) in [7, 11) is 0. The van der Waals surface area contributed by atoms with Gasteiger partial charge in [-0.2, -0.15) is 0 Å². The Morgan fingerprint density at radius 2 is 2.00 bits per heavy atom. The predicted molar refractivity (Wildman–Crippen MR) is 50.1 cm³/mol. The van der Waals surface area contributed by atoms with Gasteiger partial charge in [-0.15, -0.1) is 0 Å². The standard InChI is InChI=1S/C7H6N3O2Se/c8-7(13)9-5-1-3-6(4-2-5)10(11)12/h1-4H,(H2,8,9). The molecule has 0 atom stereocenters. The third-order valence-corrected chi connectivity index (χ3v) is 1.49.